The molecule has 1 rings (SSSR count). The number of benzene rings is 1. The summed E-state index contributed by atoms with van der Waals surface area (Å²) in [5, 5.41) is 13.2. The van der Waals surface area contributed by atoms with Crippen LogP contribution in [0.2, 0.25) is 5.02 Å². The zero-order chi connectivity index (χ0) is 10.7. The number of carbonyl (C=O) groups is 2. The summed E-state index contributed by atoms with van der Waals surface area (Å²) in [5.74, 6) is -1.63. The van der Waals surface area contributed by atoms with Gasteiger partial charge in [0.15, 0.2) is 0 Å². The van der Waals surface area contributed by atoms with Gasteiger partial charge >= 0.3 is 0 Å². The average molecular weight is 213 g/mol. The second-order valence-electron chi connectivity index (χ2n) is 2.70. The van der Waals surface area contributed by atoms with E-state index in [4.69, 9.17) is 11.6 Å². The first kappa shape index (κ1) is 10.5. The number of aromatic carboxylic acids is 1. The molecule has 5 heteroatoms. The van der Waals surface area contributed by atoms with Crippen molar-refractivity contribution in [2.45, 2.75) is 6.92 Å². The Labute approximate surface area is 85.5 Å². The Kier molecular flexibility index (Phi) is 3.09. The number of carbonyl (C=O) groups excluding carboxylic acids is 2. The summed E-state index contributed by atoms with van der Waals surface area (Å²) in [6.07, 6.45) is 0. The Balaban J connectivity index is 3.07. The van der Waals surface area contributed by atoms with Crippen LogP contribution < -0.4 is 10.4 Å². The highest BCUT2D eigenvalue weighted by molar-refractivity contribution is 6.31. The van der Waals surface area contributed by atoms with E-state index >= 15 is 0 Å². The first-order valence-corrected chi connectivity index (χ1v) is 4.16. The fraction of sp³-hybridized carbons (Fsp3) is 0.111. The van der Waals surface area contributed by atoms with Gasteiger partial charge in [-0.25, -0.2) is 0 Å². The molecule has 1 aromatic carbocycles. The van der Waals surface area contributed by atoms with Crippen LogP contribution in [0.3, 0.4) is 0 Å². The number of hydrogen-bond acceptors (Lipinski definition) is 3. The zero-order valence-corrected chi connectivity index (χ0v) is 8.09. The highest BCUT2D eigenvalue weighted by Gasteiger charge is 2.01. The molecule has 4 nitrogen and oxygen atoms in total. The molecule has 0 unspecified atom stereocenters. The lowest BCUT2D eigenvalue weighted by atomic mass is 10.2. The summed E-state index contributed by atoms with van der Waals surface area (Å²) >= 11 is 5.64. The lowest BCUT2D eigenvalue weighted by molar-refractivity contribution is -0.255. The molecule has 0 atom stereocenters. The predicted octanol–water partition coefficient (Wildman–Crippen LogP) is 0.662. The molecule has 74 valence electrons. The maximum atomic E-state index is 10.7. The van der Waals surface area contributed by atoms with Gasteiger partial charge in [-0.1, -0.05) is 11.6 Å². The largest absolute Gasteiger partial charge is 0.545 e. The molecule has 0 bridgehead atoms. The number of nitrogens with one attached hydrogen (secondary N) is 1. The van der Waals surface area contributed by atoms with Gasteiger partial charge < -0.3 is 15.2 Å². The molecule has 14 heavy (non-hydrogen) atoms. The maximum Gasteiger partial charge on any atom is 0.221 e. The van der Waals surface area contributed by atoms with Crippen LogP contribution in [0.5, 0.6) is 0 Å². The number of rotatable bonds is 2. The van der Waals surface area contributed by atoms with Crippen LogP contribution in [0, 0.1) is 0 Å². The second kappa shape index (κ2) is 4.11. The van der Waals surface area contributed by atoms with E-state index in [0.29, 0.717) is 5.69 Å². The van der Waals surface area contributed by atoms with Crippen molar-refractivity contribution in [3.63, 3.8) is 0 Å². The average Bonchev–Trinajstić information content (AvgIpc) is 2.01. The molecule has 0 aliphatic heterocycles. The van der Waals surface area contributed by atoms with Gasteiger partial charge in [0.25, 0.3) is 0 Å². The molecule has 0 fully saturated rings. The number of halogens is 1. The molecule has 0 heterocycles. The van der Waals surface area contributed by atoms with E-state index in [9.17, 15) is 14.7 Å². The Morgan fingerprint density at radius 3 is 2.50 bits per heavy atom. The smallest absolute Gasteiger partial charge is 0.221 e. The van der Waals surface area contributed by atoms with Crippen LogP contribution in [0.4, 0.5) is 5.69 Å². The number of amides is 1. The van der Waals surface area contributed by atoms with Gasteiger partial charge in [0, 0.05) is 23.2 Å². The minimum absolute atomic E-state index is 0.0683. The quantitative estimate of drug-likeness (QED) is 0.783. The lowest BCUT2D eigenvalue weighted by Crippen LogP contribution is -2.22. The molecule has 1 amide bonds. The molecule has 0 aliphatic rings. The van der Waals surface area contributed by atoms with Gasteiger partial charge in [0.1, 0.15) is 0 Å². The standard InChI is InChI=1S/C9H8ClNO3/c1-5(12)11-8-3-6(9(13)14)2-7(10)4-8/h2-4H,1H3,(H,11,12)(H,13,14)/p-1. The summed E-state index contributed by atoms with van der Waals surface area (Å²) in [4.78, 5) is 21.2. The van der Waals surface area contributed by atoms with Crippen molar-refractivity contribution in [3.05, 3.63) is 28.8 Å². The zero-order valence-electron chi connectivity index (χ0n) is 7.33. The van der Waals surface area contributed by atoms with Crippen LogP contribution in [0.15, 0.2) is 18.2 Å². The number of anilines is 1. The summed E-state index contributed by atoms with van der Waals surface area (Å²) in [5.41, 5.74) is 0.269. The molecule has 0 saturated carbocycles. The molecule has 0 spiro atoms. The van der Waals surface area contributed by atoms with Crippen LogP contribution in [-0.2, 0) is 4.79 Å². The van der Waals surface area contributed by atoms with E-state index in [1.54, 1.807) is 0 Å². The molecular formula is C9H7ClNO3-. The van der Waals surface area contributed by atoms with Gasteiger partial charge in [-0.2, -0.15) is 0 Å². The highest BCUT2D eigenvalue weighted by Crippen LogP contribution is 2.18. The Hall–Kier alpha value is -1.55. The molecule has 0 saturated heterocycles. The third-order valence-electron chi connectivity index (χ3n) is 1.45. The normalized spacial score (nSPS) is 9.57. The van der Waals surface area contributed by atoms with E-state index in [1.165, 1.54) is 25.1 Å². The van der Waals surface area contributed by atoms with Crippen molar-refractivity contribution in [1.82, 2.24) is 0 Å². The topological polar surface area (TPSA) is 69.2 Å². The summed E-state index contributed by atoms with van der Waals surface area (Å²) in [6, 6.07) is 3.99. The van der Waals surface area contributed by atoms with Crippen molar-refractivity contribution < 1.29 is 14.7 Å². The van der Waals surface area contributed by atoms with Gasteiger partial charge in [-0.3, -0.25) is 4.79 Å². The van der Waals surface area contributed by atoms with Crippen LogP contribution >= 0.6 is 11.6 Å². The highest BCUT2D eigenvalue weighted by atomic mass is 35.5. The SMILES string of the molecule is CC(=O)Nc1cc(Cl)cc(C(=O)[O-])c1. The molecule has 0 aliphatic carbocycles. The summed E-state index contributed by atoms with van der Waals surface area (Å²) in [6.45, 7) is 1.32. The Morgan fingerprint density at radius 1 is 1.36 bits per heavy atom. The van der Waals surface area contributed by atoms with E-state index in [1.807, 2.05) is 0 Å². The second-order valence-corrected chi connectivity index (χ2v) is 3.13. The van der Waals surface area contributed by atoms with Crippen molar-refractivity contribution >= 4 is 29.2 Å². The van der Waals surface area contributed by atoms with Crippen LogP contribution in [-0.4, -0.2) is 11.9 Å². The lowest BCUT2D eigenvalue weighted by Gasteiger charge is -2.07. The van der Waals surface area contributed by atoms with Gasteiger partial charge in [0.2, 0.25) is 5.91 Å². The van der Waals surface area contributed by atoms with E-state index in [-0.39, 0.29) is 16.5 Å². The first-order valence-electron chi connectivity index (χ1n) is 3.78. The molecule has 0 aromatic heterocycles. The van der Waals surface area contributed by atoms with Crippen molar-refractivity contribution in [3.8, 4) is 0 Å². The van der Waals surface area contributed by atoms with Gasteiger partial charge in [-0.15, -0.1) is 0 Å². The Morgan fingerprint density at radius 2 is 2.00 bits per heavy atom. The molecule has 0 radical (unpaired) electrons. The predicted molar refractivity (Wildman–Crippen MR) is 50.1 cm³/mol. The van der Waals surface area contributed by atoms with Gasteiger partial charge in [-0.05, 0) is 18.2 Å². The van der Waals surface area contributed by atoms with E-state index in [0.717, 1.165) is 0 Å². The van der Waals surface area contributed by atoms with Crippen LogP contribution in [0.25, 0.3) is 0 Å². The first-order chi connectivity index (χ1) is 6.49. The van der Waals surface area contributed by atoms with Crippen LogP contribution in [0.1, 0.15) is 17.3 Å². The summed E-state index contributed by atoms with van der Waals surface area (Å²) in [7, 11) is 0. The Bertz CT molecular complexity index is 390. The van der Waals surface area contributed by atoms with Crippen molar-refractivity contribution in [2.24, 2.45) is 0 Å². The molecule has 1 N–H and O–H groups in total. The third-order valence-corrected chi connectivity index (χ3v) is 1.67. The fourth-order valence-electron chi connectivity index (χ4n) is 0.983. The molecular weight excluding hydrogens is 206 g/mol. The van der Waals surface area contributed by atoms with E-state index < -0.39 is 5.97 Å². The maximum absolute atomic E-state index is 10.7. The van der Waals surface area contributed by atoms with Crippen molar-refractivity contribution in [1.29, 1.82) is 0 Å². The monoisotopic (exact) mass is 212 g/mol. The summed E-state index contributed by atoms with van der Waals surface area (Å²) < 4.78 is 0. The number of hydrogen-bond donors (Lipinski definition) is 1. The minimum atomic E-state index is -1.33. The third kappa shape index (κ3) is 2.74. The number of carboxylic acids is 1. The number of carboxylic acid groups (broad SMARTS) is 1. The minimum Gasteiger partial charge on any atom is -0.545 e. The van der Waals surface area contributed by atoms with Gasteiger partial charge in [0.05, 0.1) is 5.97 Å². The fourth-order valence-corrected chi connectivity index (χ4v) is 1.22. The van der Waals surface area contributed by atoms with E-state index in [2.05, 4.69) is 5.32 Å². The van der Waals surface area contributed by atoms with Crippen molar-refractivity contribution in [2.75, 3.05) is 5.32 Å². The molecule has 1 aromatic rings.